The number of likely N-dealkylation sites (tertiary alicyclic amines) is 1. The van der Waals surface area contributed by atoms with Crippen molar-refractivity contribution in [2.24, 2.45) is 0 Å². The zero-order chi connectivity index (χ0) is 18.1. The van der Waals surface area contributed by atoms with Crippen LogP contribution in [-0.2, 0) is 0 Å². The first-order valence-electron chi connectivity index (χ1n) is 9.18. The Balaban J connectivity index is 1.50. The Hall–Kier alpha value is -2.25. The molecule has 0 saturated carbocycles. The van der Waals surface area contributed by atoms with Crippen LogP contribution in [0.25, 0.3) is 5.69 Å². The topological polar surface area (TPSA) is 53.4 Å². The monoisotopic (exact) mass is 357 g/mol. The summed E-state index contributed by atoms with van der Waals surface area (Å²) in [6, 6.07) is 6.91. The van der Waals surface area contributed by atoms with Gasteiger partial charge in [-0.05, 0) is 25.5 Å². The van der Waals surface area contributed by atoms with E-state index in [1.165, 1.54) is 10.7 Å². The van der Waals surface area contributed by atoms with E-state index in [9.17, 15) is 9.18 Å². The number of para-hydroxylation sites is 1. The molecule has 2 saturated heterocycles. The van der Waals surface area contributed by atoms with Crippen LogP contribution >= 0.6 is 0 Å². The number of hydrogen-bond acceptors (Lipinski definition) is 4. The van der Waals surface area contributed by atoms with Gasteiger partial charge < -0.3 is 10.2 Å². The highest BCUT2D eigenvalue weighted by Crippen LogP contribution is 2.22. The number of aromatic nitrogens is 2. The molecule has 26 heavy (non-hydrogen) atoms. The van der Waals surface area contributed by atoms with Crippen LogP contribution in [0.3, 0.4) is 0 Å². The van der Waals surface area contributed by atoms with E-state index in [4.69, 9.17) is 0 Å². The number of hydrogen-bond donors (Lipinski definition) is 1. The molecule has 0 aliphatic carbocycles. The van der Waals surface area contributed by atoms with Crippen LogP contribution in [-0.4, -0.2) is 70.8 Å². The molecule has 1 N–H and O–H groups in total. The Labute approximate surface area is 152 Å². The fraction of sp³-hybridized carbons (Fsp3) is 0.474. The predicted octanol–water partition coefficient (Wildman–Crippen LogP) is 1.44. The lowest BCUT2D eigenvalue weighted by Crippen LogP contribution is -2.49. The number of carbonyl (C=O) groups excluding carboxylic acids is 1. The number of benzene rings is 1. The maximum Gasteiger partial charge on any atom is 0.257 e. The lowest BCUT2D eigenvalue weighted by molar-refractivity contribution is 0.0772. The van der Waals surface area contributed by atoms with E-state index in [2.05, 4.69) is 15.3 Å². The largest absolute Gasteiger partial charge is 0.337 e. The van der Waals surface area contributed by atoms with E-state index < -0.39 is 0 Å². The molecule has 2 aliphatic heterocycles. The fourth-order valence-corrected chi connectivity index (χ4v) is 3.93. The quantitative estimate of drug-likeness (QED) is 0.903. The molecule has 1 aromatic heterocycles. The standard InChI is InChI=1S/C19H24FN5O/c1-14-16(12-22-25(14)18-5-3-2-4-17(18)20)19(26)24-9-6-15(13-24)23-10-7-21-8-11-23/h2-5,12,15,21H,6-11,13H2,1H3. The van der Waals surface area contributed by atoms with Crippen molar-refractivity contribution in [3.63, 3.8) is 0 Å². The molecule has 2 fully saturated rings. The van der Waals surface area contributed by atoms with Gasteiger partial charge in [0.05, 0.1) is 17.5 Å². The van der Waals surface area contributed by atoms with Crippen molar-refractivity contribution in [1.29, 1.82) is 0 Å². The third-order valence-corrected chi connectivity index (χ3v) is 5.44. The van der Waals surface area contributed by atoms with Gasteiger partial charge in [0.2, 0.25) is 0 Å². The van der Waals surface area contributed by atoms with Crippen molar-refractivity contribution in [2.75, 3.05) is 39.3 Å². The summed E-state index contributed by atoms with van der Waals surface area (Å²) < 4.78 is 15.6. The Morgan fingerprint density at radius 1 is 1.23 bits per heavy atom. The molecule has 4 rings (SSSR count). The molecule has 2 aromatic rings. The summed E-state index contributed by atoms with van der Waals surface area (Å²) >= 11 is 0. The van der Waals surface area contributed by atoms with E-state index in [1.807, 2.05) is 11.8 Å². The van der Waals surface area contributed by atoms with E-state index in [0.29, 0.717) is 23.0 Å². The Morgan fingerprint density at radius 2 is 2.00 bits per heavy atom. The zero-order valence-electron chi connectivity index (χ0n) is 15.0. The molecule has 2 aliphatic rings. The minimum Gasteiger partial charge on any atom is -0.337 e. The summed E-state index contributed by atoms with van der Waals surface area (Å²) in [5.41, 5.74) is 1.59. The number of halogens is 1. The summed E-state index contributed by atoms with van der Waals surface area (Å²) in [4.78, 5) is 17.4. The number of nitrogens with one attached hydrogen (secondary N) is 1. The number of nitrogens with zero attached hydrogens (tertiary/aromatic N) is 4. The molecule has 1 unspecified atom stereocenters. The Morgan fingerprint density at radius 3 is 2.77 bits per heavy atom. The van der Waals surface area contributed by atoms with Gasteiger partial charge in [-0.2, -0.15) is 5.10 Å². The minimum absolute atomic E-state index is 0.0114. The van der Waals surface area contributed by atoms with Crippen molar-refractivity contribution in [3.05, 3.63) is 47.5 Å². The van der Waals surface area contributed by atoms with Gasteiger partial charge in [-0.25, -0.2) is 9.07 Å². The van der Waals surface area contributed by atoms with Crippen molar-refractivity contribution < 1.29 is 9.18 Å². The Bertz CT molecular complexity index is 799. The smallest absolute Gasteiger partial charge is 0.257 e. The third kappa shape index (κ3) is 3.12. The summed E-state index contributed by atoms with van der Waals surface area (Å²) in [6.07, 6.45) is 2.56. The van der Waals surface area contributed by atoms with E-state index >= 15 is 0 Å². The zero-order valence-corrected chi connectivity index (χ0v) is 15.0. The second kappa shape index (κ2) is 7.17. The van der Waals surface area contributed by atoms with Gasteiger partial charge in [0, 0.05) is 45.3 Å². The van der Waals surface area contributed by atoms with Gasteiger partial charge in [0.25, 0.3) is 5.91 Å². The summed E-state index contributed by atoms with van der Waals surface area (Å²) in [5.74, 6) is -0.361. The SMILES string of the molecule is Cc1c(C(=O)N2CCC(N3CCNCC3)C2)cnn1-c1ccccc1F. The normalized spacial score (nSPS) is 21.3. The average molecular weight is 357 g/mol. The van der Waals surface area contributed by atoms with Gasteiger partial charge in [-0.15, -0.1) is 0 Å². The second-order valence-corrected chi connectivity index (χ2v) is 6.99. The average Bonchev–Trinajstić information content (AvgIpc) is 3.30. The third-order valence-electron chi connectivity index (χ3n) is 5.44. The molecule has 0 spiro atoms. The van der Waals surface area contributed by atoms with Crippen LogP contribution < -0.4 is 5.32 Å². The molecule has 6 nitrogen and oxygen atoms in total. The lowest BCUT2D eigenvalue weighted by atomic mass is 10.2. The lowest BCUT2D eigenvalue weighted by Gasteiger charge is -2.32. The predicted molar refractivity (Wildman–Crippen MR) is 97.0 cm³/mol. The molecule has 138 valence electrons. The molecular weight excluding hydrogens is 333 g/mol. The molecule has 1 aromatic carbocycles. The number of carbonyl (C=O) groups is 1. The first-order valence-corrected chi connectivity index (χ1v) is 9.18. The van der Waals surface area contributed by atoms with E-state index in [1.54, 1.807) is 24.4 Å². The highest BCUT2D eigenvalue weighted by Gasteiger charge is 2.32. The van der Waals surface area contributed by atoms with Crippen molar-refractivity contribution in [3.8, 4) is 5.69 Å². The summed E-state index contributed by atoms with van der Waals surface area (Å²) in [5, 5.41) is 7.62. The maximum atomic E-state index is 14.1. The molecule has 1 atom stereocenters. The van der Waals surface area contributed by atoms with Crippen LogP contribution in [0.15, 0.2) is 30.5 Å². The Kier molecular flexibility index (Phi) is 4.74. The first kappa shape index (κ1) is 17.2. The number of amides is 1. The van der Waals surface area contributed by atoms with Crippen LogP contribution in [0.2, 0.25) is 0 Å². The van der Waals surface area contributed by atoms with Crippen LogP contribution in [0.5, 0.6) is 0 Å². The summed E-state index contributed by atoms with van der Waals surface area (Å²) in [6.45, 7) is 7.43. The van der Waals surface area contributed by atoms with Crippen molar-refractivity contribution in [1.82, 2.24) is 24.9 Å². The van der Waals surface area contributed by atoms with Crippen LogP contribution in [0.1, 0.15) is 22.5 Å². The molecular formula is C19H24FN5O. The van der Waals surface area contributed by atoms with Crippen molar-refractivity contribution in [2.45, 2.75) is 19.4 Å². The summed E-state index contributed by atoms with van der Waals surface area (Å²) in [7, 11) is 0. The highest BCUT2D eigenvalue weighted by atomic mass is 19.1. The van der Waals surface area contributed by atoms with Gasteiger partial charge in [-0.3, -0.25) is 9.69 Å². The van der Waals surface area contributed by atoms with E-state index in [-0.39, 0.29) is 11.7 Å². The molecule has 7 heteroatoms. The fourth-order valence-electron chi connectivity index (χ4n) is 3.93. The maximum absolute atomic E-state index is 14.1. The second-order valence-electron chi connectivity index (χ2n) is 6.99. The van der Waals surface area contributed by atoms with Crippen LogP contribution in [0.4, 0.5) is 4.39 Å². The van der Waals surface area contributed by atoms with Gasteiger partial charge in [0.15, 0.2) is 0 Å². The van der Waals surface area contributed by atoms with Gasteiger partial charge in [-0.1, -0.05) is 12.1 Å². The van der Waals surface area contributed by atoms with E-state index in [0.717, 1.165) is 45.7 Å². The van der Waals surface area contributed by atoms with Crippen LogP contribution in [0, 0.1) is 12.7 Å². The first-order chi connectivity index (χ1) is 12.6. The van der Waals surface area contributed by atoms with Gasteiger partial charge >= 0.3 is 0 Å². The highest BCUT2D eigenvalue weighted by molar-refractivity contribution is 5.95. The molecule has 1 amide bonds. The molecule has 3 heterocycles. The number of piperazine rings is 1. The molecule has 0 radical (unpaired) electrons. The molecule has 0 bridgehead atoms. The number of rotatable bonds is 3. The van der Waals surface area contributed by atoms with Crippen molar-refractivity contribution >= 4 is 5.91 Å². The minimum atomic E-state index is -0.349. The van der Waals surface area contributed by atoms with Gasteiger partial charge in [0.1, 0.15) is 11.5 Å².